The number of halogens is 1. The summed E-state index contributed by atoms with van der Waals surface area (Å²) in [6.07, 6.45) is 1.59. The maximum atomic E-state index is 5.86. The second-order valence-electron chi connectivity index (χ2n) is 2.23. The van der Waals surface area contributed by atoms with Crippen LogP contribution in [-0.2, 0) is 0 Å². The molecule has 11 heavy (non-hydrogen) atoms. The van der Waals surface area contributed by atoms with Gasteiger partial charge in [0.15, 0.2) is 0 Å². The van der Waals surface area contributed by atoms with Crippen molar-refractivity contribution in [3.8, 4) is 0 Å². The fraction of sp³-hybridized carbons (Fsp3) is 0. The molecule has 0 atom stereocenters. The highest BCUT2D eigenvalue weighted by molar-refractivity contribution is 6.35. The standard InChI is InChI=1S/C9H5ClN/c10-8-5-6-11-9-4-2-1-3-7(8)9/h1-4,6H. The summed E-state index contributed by atoms with van der Waals surface area (Å²) in [5.74, 6) is 0. The lowest BCUT2D eigenvalue weighted by Gasteiger charge is -1.95. The van der Waals surface area contributed by atoms with Gasteiger partial charge in [0.25, 0.3) is 0 Å². The highest BCUT2D eigenvalue weighted by Crippen LogP contribution is 2.19. The average molecular weight is 163 g/mol. The van der Waals surface area contributed by atoms with Gasteiger partial charge in [-0.2, -0.15) is 0 Å². The third-order valence-electron chi connectivity index (χ3n) is 1.54. The third kappa shape index (κ3) is 1.08. The molecular weight excluding hydrogens is 158 g/mol. The minimum Gasteiger partial charge on any atom is -0.256 e. The predicted octanol–water partition coefficient (Wildman–Crippen LogP) is 2.69. The second-order valence-corrected chi connectivity index (χ2v) is 2.61. The van der Waals surface area contributed by atoms with E-state index in [2.05, 4.69) is 11.1 Å². The van der Waals surface area contributed by atoms with Crippen LogP contribution in [0.5, 0.6) is 0 Å². The number of benzene rings is 1. The normalized spacial score (nSPS) is 10.3. The van der Waals surface area contributed by atoms with Gasteiger partial charge >= 0.3 is 0 Å². The van der Waals surface area contributed by atoms with Gasteiger partial charge in [0.05, 0.1) is 10.5 Å². The van der Waals surface area contributed by atoms with Gasteiger partial charge in [-0.15, -0.1) is 0 Å². The van der Waals surface area contributed by atoms with Crippen molar-refractivity contribution < 1.29 is 0 Å². The smallest absolute Gasteiger partial charge is 0.0717 e. The second kappa shape index (κ2) is 2.51. The van der Waals surface area contributed by atoms with E-state index in [1.807, 2.05) is 24.3 Å². The molecule has 1 radical (unpaired) electrons. The van der Waals surface area contributed by atoms with Crippen LogP contribution in [-0.4, -0.2) is 4.98 Å². The number of rotatable bonds is 0. The molecule has 0 saturated carbocycles. The Balaban J connectivity index is 2.91. The summed E-state index contributed by atoms with van der Waals surface area (Å²) in [6, 6.07) is 10.6. The van der Waals surface area contributed by atoms with Gasteiger partial charge in [-0.1, -0.05) is 29.8 Å². The number of pyridine rings is 1. The molecule has 2 rings (SSSR count). The Bertz CT molecular complexity index is 379. The lowest BCUT2D eigenvalue weighted by molar-refractivity contribution is 1.41. The monoisotopic (exact) mass is 162 g/mol. The van der Waals surface area contributed by atoms with E-state index in [9.17, 15) is 0 Å². The van der Waals surface area contributed by atoms with Gasteiger partial charge in [0.1, 0.15) is 0 Å². The first-order valence-corrected chi connectivity index (χ1v) is 3.66. The van der Waals surface area contributed by atoms with Gasteiger partial charge in [-0.25, -0.2) is 0 Å². The molecule has 0 N–H and O–H groups in total. The molecule has 1 nitrogen and oxygen atoms in total. The highest BCUT2D eigenvalue weighted by Gasteiger charge is 1.95. The Morgan fingerprint density at radius 1 is 1.27 bits per heavy atom. The topological polar surface area (TPSA) is 12.9 Å². The van der Waals surface area contributed by atoms with Gasteiger partial charge in [0.2, 0.25) is 0 Å². The van der Waals surface area contributed by atoms with Crippen molar-refractivity contribution in [2.75, 3.05) is 0 Å². The number of hydrogen-bond donors (Lipinski definition) is 0. The van der Waals surface area contributed by atoms with Gasteiger partial charge in [0, 0.05) is 17.6 Å². The maximum absolute atomic E-state index is 5.86. The van der Waals surface area contributed by atoms with Crippen molar-refractivity contribution in [2.45, 2.75) is 0 Å². The number of para-hydroxylation sites is 1. The lowest BCUT2D eigenvalue weighted by Crippen LogP contribution is -1.77. The SMILES string of the molecule is Clc1[c]cnc2ccccc12. The molecule has 0 amide bonds. The first-order valence-electron chi connectivity index (χ1n) is 3.29. The van der Waals surface area contributed by atoms with Crippen LogP contribution in [0.1, 0.15) is 0 Å². The van der Waals surface area contributed by atoms with E-state index in [4.69, 9.17) is 11.6 Å². The van der Waals surface area contributed by atoms with Crippen molar-refractivity contribution in [1.29, 1.82) is 0 Å². The molecule has 1 aromatic heterocycles. The first-order chi connectivity index (χ1) is 5.38. The molecule has 0 spiro atoms. The average Bonchev–Trinajstić information content (AvgIpc) is 2.06. The maximum Gasteiger partial charge on any atom is 0.0717 e. The lowest BCUT2D eigenvalue weighted by atomic mass is 10.2. The van der Waals surface area contributed by atoms with E-state index in [0.717, 1.165) is 10.9 Å². The molecule has 1 aromatic carbocycles. The minimum absolute atomic E-state index is 0.635. The van der Waals surface area contributed by atoms with Gasteiger partial charge < -0.3 is 0 Å². The zero-order chi connectivity index (χ0) is 7.68. The van der Waals surface area contributed by atoms with Crippen LogP contribution in [0.2, 0.25) is 5.02 Å². The molecule has 0 saturated heterocycles. The minimum atomic E-state index is 0.635. The van der Waals surface area contributed by atoms with Gasteiger partial charge in [-0.05, 0) is 6.07 Å². The molecule has 1 heterocycles. The Morgan fingerprint density at radius 2 is 2.09 bits per heavy atom. The third-order valence-corrected chi connectivity index (χ3v) is 1.85. The number of nitrogens with zero attached hydrogens (tertiary/aromatic N) is 1. The molecule has 2 aromatic rings. The van der Waals surface area contributed by atoms with Crippen LogP contribution < -0.4 is 0 Å². The summed E-state index contributed by atoms with van der Waals surface area (Å²) < 4.78 is 0. The summed E-state index contributed by atoms with van der Waals surface area (Å²) in [5.41, 5.74) is 0.913. The summed E-state index contributed by atoms with van der Waals surface area (Å²) in [7, 11) is 0. The largest absolute Gasteiger partial charge is 0.256 e. The number of fused-ring (bicyclic) bond motifs is 1. The van der Waals surface area contributed by atoms with Crippen LogP contribution in [0.25, 0.3) is 10.9 Å². The van der Waals surface area contributed by atoms with Crippen molar-refractivity contribution in [3.05, 3.63) is 41.6 Å². The van der Waals surface area contributed by atoms with Crippen LogP contribution in [0.4, 0.5) is 0 Å². The molecule has 0 aliphatic carbocycles. The van der Waals surface area contributed by atoms with Crippen LogP contribution in [0.15, 0.2) is 30.5 Å². The van der Waals surface area contributed by atoms with Crippen LogP contribution in [0.3, 0.4) is 0 Å². The van der Waals surface area contributed by atoms with Crippen LogP contribution in [0, 0.1) is 6.07 Å². The molecule has 0 aliphatic heterocycles. The Hall–Kier alpha value is -1.08. The number of aromatic nitrogens is 1. The Morgan fingerprint density at radius 3 is 2.91 bits per heavy atom. The Labute approximate surface area is 69.6 Å². The molecule has 0 fully saturated rings. The fourth-order valence-electron chi connectivity index (χ4n) is 1.01. The molecule has 0 unspecified atom stereocenters. The first kappa shape index (κ1) is 6.62. The zero-order valence-corrected chi connectivity index (χ0v) is 6.47. The van der Waals surface area contributed by atoms with Crippen LogP contribution >= 0.6 is 11.6 Å². The van der Waals surface area contributed by atoms with Crippen molar-refractivity contribution in [1.82, 2.24) is 4.98 Å². The Kier molecular flexibility index (Phi) is 1.51. The van der Waals surface area contributed by atoms with Crippen molar-refractivity contribution >= 4 is 22.5 Å². The molecular formula is C9H5ClN. The van der Waals surface area contributed by atoms with E-state index < -0.39 is 0 Å². The highest BCUT2D eigenvalue weighted by atomic mass is 35.5. The van der Waals surface area contributed by atoms with E-state index in [1.54, 1.807) is 6.20 Å². The van der Waals surface area contributed by atoms with Crippen molar-refractivity contribution in [3.63, 3.8) is 0 Å². The summed E-state index contributed by atoms with van der Waals surface area (Å²) in [5, 5.41) is 1.59. The molecule has 2 heteroatoms. The molecule has 0 bridgehead atoms. The van der Waals surface area contributed by atoms with E-state index in [-0.39, 0.29) is 0 Å². The van der Waals surface area contributed by atoms with Gasteiger partial charge in [-0.3, -0.25) is 4.98 Å². The summed E-state index contributed by atoms with van der Waals surface area (Å²) in [6.45, 7) is 0. The quantitative estimate of drug-likeness (QED) is 0.581. The zero-order valence-electron chi connectivity index (χ0n) is 5.71. The molecule has 53 valence electrons. The summed E-state index contributed by atoms with van der Waals surface area (Å²) in [4.78, 5) is 4.10. The van der Waals surface area contributed by atoms with E-state index in [1.165, 1.54) is 0 Å². The van der Waals surface area contributed by atoms with E-state index in [0.29, 0.717) is 5.02 Å². The van der Waals surface area contributed by atoms with E-state index >= 15 is 0 Å². The fourth-order valence-corrected chi connectivity index (χ4v) is 1.22. The number of hydrogen-bond acceptors (Lipinski definition) is 1. The van der Waals surface area contributed by atoms with Crippen molar-refractivity contribution in [2.24, 2.45) is 0 Å². The molecule has 0 aliphatic rings. The summed E-state index contributed by atoms with van der Waals surface area (Å²) >= 11 is 5.86. The predicted molar refractivity (Wildman–Crippen MR) is 45.6 cm³/mol.